The van der Waals surface area contributed by atoms with Crippen molar-refractivity contribution in [1.29, 1.82) is 0 Å². The molecule has 1 saturated heterocycles. The quantitative estimate of drug-likeness (QED) is 0.736. The number of aliphatic hydroxyl groups is 2. The highest BCUT2D eigenvalue weighted by Gasteiger charge is 2.47. The number of benzene rings is 2. The molecule has 2 aliphatic rings. The minimum atomic E-state index is -0.857. The Labute approximate surface area is 163 Å². The van der Waals surface area contributed by atoms with Gasteiger partial charge in [0.2, 0.25) is 0 Å². The molecule has 1 heterocycles. The highest BCUT2D eigenvalue weighted by molar-refractivity contribution is 5.27. The molecule has 2 aromatic carbocycles. The molecule has 150 valence electrons. The maximum atomic E-state index is 13.7. The number of hydrogen-bond donors (Lipinski definition) is 3. The van der Waals surface area contributed by atoms with Gasteiger partial charge in [0.05, 0.1) is 12.2 Å². The lowest BCUT2D eigenvalue weighted by Gasteiger charge is -2.30. The minimum Gasteiger partial charge on any atom is -0.508 e. The normalized spacial score (nSPS) is 28.4. The van der Waals surface area contributed by atoms with Gasteiger partial charge >= 0.3 is 0 Å². The van der Waals surface area contributed by atoms with Crippen molar-refractivity contribution in [2.75, 3.05) is 13.1 Å². The van der Waals surface area contributed by atoms with Gasteiger partial charge in [-0.25, -0.2) is 8.78 Å². The molecule has 0 amide bonds. The maximum absolute atomic E-state index is 13.7. The van der Waals surface area contributed by atoms with Crippen LogP contribution in [-0.4, -0.2) is 45.5 Å². The third kappa shape index (κ3) is 3.90. The molecular formula is C22H25F2NO3. The lowest BCUT2D eigenvalue weighted by atomic mass is 9.89. The molecule has 5 unspecified atom stereocenters. The second-order valence-electron chi connectivity index (χ2n) is 8.13. The third-order valence-electron chi connectivity index (χ3n) is 6.27. The number of rotatable bonds is 5. The molecule has 0 radical (unpaired) electrons. The summed E-state index contributed by atoms with van der Waals surface area (Å²) in [5.74, 6) is -0.942. The summed E-state index contributed by atoms with van der Waals surface area (Å²) in [6.45, 7) is 1.19. The Balaban J connectivity index is 1.52. The topological polar surface area (TPSA) is 63.9 Å². The van der Waals surface area contributed by atoms with Gasteiger partial charge in [0.15, 0.2) is 11.6 Å². The zero-order valence-electron chi connectivity index (χ0n) is 15.5. The van der Waals surface area contributed by atoms with Crippen molar-refractivity contribution >= 4 is 0 Å². The lowest BCUT2D eigenvalue weighted by Crippen LogP contribution is -2.38. The number of fused-ring (bicyclic) bond motifs is 1. The average Bonchev–Trinajstić information content (AvgIpc) is 3.15. The summed E-state index contributed by atoms with van der Waals surface area (Å²) in [6, 6.07) is 10.5. The van der Waals surface area contributed by atoms with Gasteiger partial charge in [-0.1, -0.05) is 18.2 Å². The van der Waals surface area contributed by atoms with Crippen molar-refractivity contribution in [2.24, 2.45) is 11.8 Å². The minimum absolute atomic E-state index is 0.0544. The highest BCUT2D eigenvalue weighted by atomic mass is 19.2. The fraction of sp³-hybridized carbons (Fsp3) is 0.455. The summed E-state index contributed by atoms with van der Waals surface area (Å²) in [5.41, 5.74) is 1.44. The molecule has 1 aliphatic heterocycles. The van der Waals surface area contributed by atoms with E-state index in [1.54, 1.807) is 30.3 Å². The van der Waals surface area contributed by atoms with Crippen molar-refractivity contribution in [3.05, 3.63) is 65.2 Å². The van der Waals surface area contributed by atoms with E-state index in [1.807, 2.05) is 0 Å². The Hall–Kier alpha value is -2.02. The number of halogens is 2. The zero-order chi connectivity index (χ0) is 19.8. The van der Waals surface area contributed by atoms with E-state index in [1.165, 1.54) is 6.07 Å². The summed E-state index contributed by atoms with van der Waals surface area (Å²) in [6.07, 6.45) is 0.964. The number of phenolic OH excluding ortho intramolecular Hbond substituents is 1. The number of nitrogens with zero attached hydrogens (tertiary/aromatic N) is 1. The Kier molecular flexibility index (Phi) is 5.36. The Morgan fingerprint density at radius 3 is 2.50 bits per heavy atom. The Morgan fingerprint density at radius 1 is 1.04 bits per heavy atom. The maximum Gasteiger partial charge on any atom is 0.159 e. The largest absolute Gasteiger partial charge is 0.508 e. The van der Waals surface area contributed by atoms with E-state index in [2.05, 4.69) is 4.90 Å². The van der Waals surface area contributed by atoms with Crippen LogP contribution in [0.25, 0.3) is 0 Å². The Bertz CT molecular complexity index is 829. The van der Waals surface area contributed by atoms with E-state index in [0.717, 1.165) is 30.2 Å². The second-order valence-corrected chi connectivity index (χ2v) is 8.13. The monoisotopic (exact) mass is 389 g/mol. The number of hydrogen-bond acceptors (Lipinski definition) is 4. The first-order valence-corrected chi connectivity index (χ1v) is 9.73. The van der Waals surface area contributed by atoms with E-state index in [0.29, 0.717) is 25.3 Å². The van der Waals surface area contributed by atoms with Crippen LogP contribution in [0.5, 0.6) is 5.75 Å². The van der Waals surface area contributed by atoms with Crippen LogP contribution in [0.3, 0.4) is 0 Å². The molecule has 4 rings (SSSR count). The molecule has 3 N–H and O–H groups in total. The van der Waals surface area contributed by atoms with E-state index >= 15 is 0 Å². The van der Waals surface area contributed by atoms with Crippen LogP contribution in [0, 0.1) is 23.5 Å². The number of phenols is 1. The lowest BCUT2D eigenvalue weighted by molar-refractivity contribution is 0.0879. The van der Waals surface area contributed by atoms with Crippen LogP contribution >= 0.6 is 0 Å². The van der Waals surface area contributed by atoms with Crippen LogP contribution in [-0.2, 0) is 6.42 Å². The molecule has 0 bridgehead atoms. The van der Waals surface area contributed by atoms with Crippen LogP contribution in [0.1, 0.15) is 30.1 Å². The SMILES string of the molecule is Oc1ccc(C(O)CN2CC3CC(O)CC3C2Cc2ccc(F)c(F)c2)cc1. The fourth-order valence-corrected chi connectivity index (χ4v) is 4.94. The molecule has 6 heteroatoms. The molecule has 28 heavy (non-hydrogen) atoms. The fourth-order valence-electron chi connectivity index (χ4n) is 4.94. The molecule has 2 aromatic rings. The van der Waals surface area contributed by atoms with Gasteiger partial charge < -0.3 is 15.3 Å². The summed E-state index contributed by atoms with van der Waals surface area (Å²) in [7, 11) is 0. The average molecular weight is 389 g/mol. The molecular weight excluding hydrogens is 364 g/mol. The standard InChI is InChI=1S/C22H25F2NO3/c23-19-6-1-13(7-20(19)24)8-21-18-10-17(27)9-15(18)11-25(21)12-22(28)14-2-4-16(26)5-3-14/h1-7,15,17-18,21-22,26-28H,8-12H2. The van der Waals surface area contributed by atoms with Gasteiger partial charge in [0.25, 0.3) is 0 Å². The smallest absolute Gasteiger partial charge is 0.159 e. The molecule has 0 aromatic heterocycles. The first-order chi connectivity index (χ1) is 13.4. The number of aliphatic hydroxyl groups excluding tert-OH is 2. The predicted molar refractivity (Wildman–Crippen MR) is 101 cm³/mol. The first-order valence-electron chi connectivity index (χ1n) is 9.73. The number of aromatic hydroxyl groups is 1. The van der Waals surface area contributed by atoms with Gasteiger partial charge in [0, 0.05) is 19.1 Å². The molecule has 2 fully saturated rings. The molecule has 4 nitrogen and oxygen atoms in total. The predicted octanol–water partition coefficient (Wildman–Crippen LogP) is 3.02. The van der Waals surface area contributed by atoms with E-state index in [9.17, 15) is 24.1 Å². The van der Waals surface area contributed by atoms with Crippen molar-refractivity contribution in [2.45, 2.75) is 37.5 Å². The van der Waals surface area contributed by atoms with Crippen molar-refractivity contribution in [3.63, 3.8) is 0 Å². The first kappa shape index (κ1) is 19.3. The molecule has 1 saturated carbocycles. The van der Waals surface area contributed by atoms with Crippen molar-refractivity contribution < 1.29 is 24.1 Å². The highest BCUT2D eigenvalue weighted by Crippen LogP contribution is 2.44. The summed E-state index contributed by atoms with van der Waals surface area (Å²) in [4.78, 5) is 2.21. The Morgan fingerprint density at radius 2 is 1.79 bits per heavy atom. The van der Waals surface area contributed by atoms with Crippen molar-refractivity contribution in [1.82, 2.24) is 4.90 Å². The van der Waals surface area contributed by atoms with Gasteiger partial charge in [-0.05, 0) is 66.5 Å². The van der Waals surface area contributed by atoms with Gasteiger partial charge in [-0.2, -0.15) is 0 Å². The van der Waals surface area contributed by atoms with Crippen LogP contribution in [0.4, 0.5) is 8.78 Å². The number of likely N-dealkylation sites (tertiary alicyclic amines) is 1. The number of β-amino-alcohol motifs (C(OH)–C–C–N with tert-alkyl or cyclic N) is 1. The van der Waals surface area contributed by atoms with Crippen LogP contribution in [0.15, 0.2) is 42.5 Å². The van der Waals surface area contributed by atoms with Crippen LogP contribution in [0.2, 0.25) is 0 Å². The van der Waals surface area contributed by atoms with Gasteiger partial charge in [-0.3, -0.25) is 4.90 Å². The van der Waals surface area contributed by atoms with Crippen LogP contribution < -0.4 is 0 Å². The summed E-state index contributed by atoms with van der Waals surface area (Å²) in [5, 5.41) is 30.2. The van der Waals surface area contributed by atoms with Gasteiger partial charge in [0.1, 0.15) is 5.75 Å². The summed E-state index contributed by atoms with van der Waals surface area (Å²) >= 11 is 0. The molecule has 1 aliphatic carbocycles. The van der Waals surface area contributed by atoms with Gasteiger partial charge in [-0.15, -0.1) is 0 Å². The van der Waals surface area contributed by atoms with Crippen molar-refractivity contribution in [3.8, 4) is 5.75 Å². The van der Waals surface area contributed by atoms with E-state index in [-0.39, 0.29) is 23.8 Å². The van der Waals surface area contributed by atoms with E-state index in [4.69, 9.17) is 0 Å². The summed E-state index contributed by atoms with van der Waals surface area (Å²) < 4.78 is 26.9. The zero-order valence-corrected chi connectivity index (χ0v) is 15.5. The second kappa shape index (κ2) is 7.78. The van der Waals surface area contributed by atoms with E-state index < -0.39 is 17.7 Å². The third-order valence-corrected chi connectivity index (χ3v) is 6.27. The molecule has 5 atom stereocenters. The molecule has 0 spiro atoms.